The third-order valence-electron chi connectivity index (χ3n) is 23.3. The van der Waals surface area contributed by atoms with E-state index in [9.17, 15) is 0 Å². The van der Waals surface area contributed by atoms with E-state index in [1.165, 1.54) is 96.3 Å². The monoisotopic (exact) mass is 837 g/mol. The maximum atomic E-state index is 4.82. The maximum Gasteiger partial charge on any atom is 0.0126 e. The highest BCUT2D eigenvalue weighted by Gasteiger charge is 2.58. The number of hydrogen-bond donors (Lipinski definition) is 1. The molecule has 0 bridgehead atoms. The molecular formula is C59H100N2. The van der Waals surface area contributed by atoms with Crippen LogP contribution in [-0.4, -0.2) is 35.1 Å². The molecule has 0 aliphatic heterocycles. The zero-order valence-corrected chi connectivity index (χ0v) is 40.2. The SMILES string of the molecule is C1CCC(C(NC2CCC3C(C2)C(C2CCCCC2)C2CCC(N(C4CCCCC4)C4CCC5CCCCC5C4)CC2C3C2CCCCC2)C2CCC3CCCCC3C2)CC1. The molecule has 15 unspecified atom stereocenters. The number of rotatable bonds is 9. The van der Waals surface area contributed by atoms with Crippen LogP contribution >= 0.6 is 0 Å². The maximum absolute atomic E-state index is 4.82. The molecule has 11 rings (SSSR count). The van der Waals surface area contributed by atoms with E-state index >= 15 is 0 Å². The van der Waals surface area contributed by atoms with Crippen LogP contribution in [0.1, 0.15) is 257 Å². The van der Waals surface area contributed by atoms with Crippen molar-refractivity contribution in [3.63, 3.8) is 0 Å². The summed E-state index contributed by atoms with van der Waals surface area (Å²) in [4.78, 5) is 3.44. The van der Waals surface area contributed by atoms with E-state index in [0.29, 0.717) is 0 Å². The molecule has 61 heavy (non-hydrogen) atoms. The fourth-order valence-electron chi connectivity index (χ4n) is 20.8. The minimum absolute atomic E-state index is 0.819. The van der Waals surface area contributed by atoms with E-state index in [-0.39, 0.29) is 0 Å². The third-order valence-corrected chi connectivity index (χ3v) is 23.3. The summed E-state index contributed by atoms with van der Waals surface area (Å²) in [6.45, 7) is 0. The molecular weight excluding hydrogens is 737 g/mol. The second kappa shape index (κ2) is 20.4. The molecule has 2 heteroatoms. The van der Waals surface area contributed by atoms with Crippen molar-refractivity contribution in [1.82, 2.24) is 10.2 Å². The lowest BCUT2D eigenvalue weighted by Crippen LogP contribution is -2.60. The van der Waals surface area contributed by atoms with Gasteiger partial charge in [0.15, 0.2) is 0 Å². The van der Waals surface area contributed by atoms with Gasteiger partial charge < -0.3 is 5.32 Å². The molecule has 0 heterocycles. The molecule has 2 nitrogen and oxygen atoms in total. The van der Waals surface area contributed by atoms with Gasteiger partial charge in [-0.05, 0) is 186 Å². The lowest BCUT2D eigenvalue weighted by molar-refractivity contribution is -0.134. The van der Waals surface area contributed by atoms with Crippen LogP contribution in [0, 0.1) is 82.9 Å². The molecule has 0 amide bonds. The number of fused-ring (bicyclic) bond motifs is 4. The average Bonchev–Trinajstić information content (AvgIpc) is 3.33. The Hall–Kier alpha value is -0.0800. The Morgan fingerprint density at radius 2 is 0.738 bits per heavy atom. The van der Waals surface area contributed by atoms with E-state index in [2.05, 4.69) is 4.90 Å². The van der Waals surface area contributed by atoms with Gasteiger partial charge in [0.05, 0.1) is 0 Å². The molecule has 0 saturated heterocycles. The Balaban J connectivity index is 0.875. The van der Waals surface area contributed by atoms with Crippen molar-refractivity contribution in [2.45, 2.75) is 287 Å². The predicted molar refractivity (Wildman–Crippen MR) is 257 cm³/mol. The number of nitrogens with one attached hydrogen (secondary N) is 1. The van der Waals surface area contributed by atoms with Crippen LogP contribution in [0.3, 0.4) is 0 Å². The van der Waals surface area contributed by atoms with Crippen LogP contribution in [0.2, 0.25) is 0 Å². The Kier molecular flexibility index (Phi) is 14.6. The van der Waals surface area contributed by atoms with Crippen LogP contribution in [0.15, 0.2) is 0 Å². The third kappa shape index (κ3) is 9.44. The van der Waals surface area contributed by atoms with Crippen molar-refractivity contribution in [3.05, 3.63) is 0 Å². The Morgan fingerprint density at radius 1 is 0.279 bits per heavy atom. The number of nitrogens with zero attached hydrogens (tertiary/aromatic N) is 1. The van der Waals surface area contributed by atoms with Crippen molar-refractivity contribution in [1.29, 1.82) is 0 Å². The minimum Gasteiger partial charge on any atom is -0.311 e. The van der Waals surface area contributed by atoms with Crippen molar-refractivity contribution in [2.75, 3.05) is 0 Å². The molecule has 0 radical (unpaired) electrons. The molecule has 11 fully saturated rings. The van der Waals surface area contributed by atoms with Gasteiger partial charge in [0.1, 0.15) is 0 Å². The fourth-order valence-corrected chi connectivity index (χ4v) is 20.8. The Bertz CT molecular complexity index is 1330. The molecule has 346 valence electrons. The largest absolute Gasteiger partial charge is 0.311 e. The van der Waals surface area contributed by atoms with E-state index in [4.69, 9.17) is 5.32 Å². The van der Waals surface area contributed by atoms with E-state index in [1.807, 2.05) is 0 Å². The van der Waals surface area contributed by atoms with Crippen LogP contribution in [0.25, 0.3) is 0 Å². The summed E-state index contributed by atoms with van der Waals surface area (Å²) in [6, 6.07) is 4.42. The fraction of sp³-hybridized carbons (Fsp3) is 1.00. The lowest BCUT2D eigenvalue weighted by Gasteiger charge is -2.63. The van der Waals surface area contributed by atoms with Gasteiger partial charge >= 0.3 is 0 Å². The average molecular weight is 837 g/mol. The standard InChI is InChI=1S/C59H100N2/c1-5-19-43(20-6-1)57-54-36-34-52(61(50-27-11-4-12-28-50)51-33-31-42-18-14-16-26-47(42)38-51)40-56(54)58(44-21-7-2-8-22-44)53-35-32-49(39-55(53)57)60-59(45-23-9-3-10-24-45)48-30-29-41-17-13-15-25-46(41)37-48/h41-60H,1-40H2. The summed E-state index contributed by atoms with van der Waals surface area (Å²) in [5.41, 5.74) is 0. The van der Waals surface area contributed by atoms with Crippen LogP contribution in [0.4, 0.5) is 0 Å². The second-order valence-electron chi connectivity index (χ2n) is 26.1. The summed E-state index contributed by atoms with van der Waals surface area (Å²) in [5.74, 6) is 14.7. The molecule has 11 saturated carbocycles. The summed E-state index contributed by atoms with van der Waals surface area (Å²) < 4.78 is 0. The van der Waals surface area contributed by atoms with Crippen LogP contribution in [-0.2, 0) is 0 Å². The van der Waals surface area contributed by atoms with Gasteiger partial charge in [0.2, 0.25) is 0 Å². The van der Waals surface area contributed by atoms with Crippen molar-refractivity contribution < 1.29 is 0 Å². The molecule has 0 aromatic heterocycles. The first kappa shape index (κ1) is 43.5. The van der Waals surface area contributed by atoms with Crippen molar-refractivity contribution in [2.24, 2.45) is 82.9 Å². The molecule has 0 aromatic rings. The first-order valence-electron chi connectivity index (χ1n) is 29.8. The summed E-state index contributed by atoms with van der Waals surface area (Å²) >= 11 is 0. The number of hydrogen-bond acceptors (Lipinski definition) is 2. The van der Waals surface area contributed by atoms with Gasteiger partial charge in [0, 0.05) is 30.2 Å². The normalized spacial score (nSPS) is 45.6. The molecule has 0 aromatic carbocycles. The van der Waals surface area contributed by atoms with Gasteiger partial charge in [-0.3, -0.25) is 4.90 Å². The first-order valence-corrected chi connectivity index (χ1v) is 29.8. The smallest absolute Gasteiger partial charge is 0.0126 e. The van der Waals surface area contributed by atoms with Crippen molar-refractivity contribution >= 4 is 0 Å². The van der Waals surface area contributed by atoms with Gasteiger partial charge in [-0.2, -0.15) is 0 Å². The zero-order valence-electron chi connectivity index (χ0n) is 40.2. The predicted octanol–water partition coefficient (Wildman–Crippen LogP) is 16.1. The second-order valence-corrected chi connectivity index (χ2v) is 26.1. The summed E-state index contributed by atoms with van der Waals surface area (Å²) in [5, 5.41) is 4.82. The lowest BCUT2D eigenvalue weighted by atomic mass is 9.44. The summed E-state index contributed by atoms with van der Waals surface area (Å²) in [6.07, 6.45) is 62.4. The van der Waals surface area contributed by atoms with Gasteiger partial charge in [0.25, 0.3) is 0 Å². The highest BCUT2D eigenvalue weighted by molar-refractivity contribution is 5.08. The highest BCUT2D eigenvalue weighted by Crippen LogP contribution is 2.63. The van der Waals surface area contributed by atoms with Gasteiger partial charge in [-0.1, -0.05) is 154 Å². The Labute approximate surface area is 378 Å². The molecule has 11 aliphatic carbocycles. The van der Waals surface area contributed by atoms with Crippen molar-refractivity contribution in [3.8, 4) is 0 Å². The zero-order chi connectivity index (χ0) is 40.5. The highest BCUT2D eigenvalue weighted by atomic mass is 15.2. The van der Waals surface area contributed by atoms with Gasteiger partial charge in [-0.15, -0.1) is 0 Å². The Morgan fingerprint density at radius 3 is 1.38 bits per heavy atom. The van der Waals surface area contributed by atoms with Gasteiger partial charge in [-0.25, -0.2) is 0 Å². The molecule has 0 spiro atoms. The van der Waals surface area contributed by atoms with E-state index in [0.717, 1.165) is 113 Å². The van der Waals surface area contributed by atoms with Crippen LogP contribution < -0.4 is 5.32 Å². The van der Waals surface area contributed by atoms with E-state index < -0.39 is 0 Å². The minimum atomic E-state index is 0.819. The summed E-state index contributed by atoms with van der Waals surface area (Å²) in [7, 11) is 0. The first-order chi connectivity index (χ1) is 30.2. The topological polar surface area (TPSA) is 15.3 Å². The molecule has 15 atom stereocenters. The molecule has 11 aliphatic rings. The van der Waals surface area contributed by atoms with E-state index in [1.54, 1.807) is 161 Å². The van der Waals surface area contributed by atoms with Crippen LogP contribution in [0.5, 0.6) is 0 Å². The quantitative estimate of drug-likeness (QED) is 0.249. The molecule has 1 N–H and O–H groups in total.